The van der Waals surface area contributed by atoms with Crippen LogP contribution in [-0.2, 0) is 8.85 Å². The van der Waals surface area contributed by atoms with E-state index in [1.807, 2.05) is 37.3 Å². The van der Waals surface area contributed by atoms with E-state index in [0.717, 1.165) is 11.6 Å². The predicted octanol–water partition coefficient (Wildman–Crippen LogP) is 2.19. The second-order valence-corrected chi connectivity index (χ2v) is 7.64. The summed E-state index contributed by atoms with van der Waals surface area (Å²) in [6, 6.07) is 9.97. The van der Waals surface area contributed by atoms with Gasteiger partial charge in [-0.3, -0.25) is 0 Å². The highest BCUT2D eigenvalue weighted by Crippen LogP contribution is 2.19. The molecule has 0 fully saturated rings. The zero-order chi connectivity index (χ0) is 11.3. The lowest BCUT2D eigenvalue weighted by molar-refractivity contribution is 0.254. The highest BCUT2D eigenvalue weighted by atomic mass is 35.5. The van der Waals surface area contributed by atoms with Crippen LogP contribution in [0, 0.1) is 0 Å². The molecular formula is C11H17ClO2Si. The first-order valence-corrected chi connectivity index (χ1v) is 7.34. The summed E-state index contributed by atoms with van der Waals surface area (Å²) in [5, 5.41) is 1.01. The Morgan fingerprint density at radius 1 is 1.20 bits per heavy atom. The van der Waals surface area contributed by atoms with E-state index in [-0.39, 0.29) is 5.00 Å². The van der Waals surface area contributed by atoms with Gasteiger partial charge in [0.15, 0.2) is 0 Å². The summed E-state index contributed by atoms with van der Waals surface area (Å²) in [4.78, 5) is 0. The highest BCUT2D eigenvalue weighted by molar-refractivity contribution is 6.87. The van der Waals surface area contributed by atoms with Crippen molar-refractivity contribution >= 4 is 25.3 Å². The summed E-state index contributed by atoms with van der Waals surface area (Å²) in [6.45, 7) is 2.04. The van der Waals surface area contributed by atoms with Gasteiger partial charge in [-0.25, -0.2) is 0 Å². The molecule has 1 aromatic carbocycles. The summed E-state index contributed by atoms with van der Waals surface area (Å²) in [7, 11) is 0.891. The minimum atomic E-state index is -2.46. The van der Waals surface area contributed by atoms with Gasteiger partial charge >= 0.3 is 8.56 Å². The highest BCUT2D eigenvalue weighted by Gasteiger charge is 2.44. The largest absolute Gasteiger partial charge is 0.394 e. The fraction of sp³-hybridized carbons (Fsp3) is 0.455. The van der Waals surface area contributed by atoms with E-state index in [1.165, 1.54) is 0 Å². The molecule has 0 bridgehead atoms. The van der Waals surface area contributed by atoms with Gasteiger partial charge in [-0.05, 0) is 11.6 Å². The van der Waals surface area contributed by atoms with Gasteiger partial charge in [0.2, 0.25) is 0 Å². The summed E-state index contributed by atoms with van der Waals surface area (Å²) in [6.07, 6.45) is 0.838. The monoisotopic (exact) mass is 244 g/mol. The normalized spacial score (nSPS) is 13.9. The molecule has 0 radical (unpaired) electrons. The van der Waals surface area contributed by atoms with E-state index < -0.39 is 8.56 Å². The maximum Gasteiger partial charge on any atom is 0.390 e. The fourth-order valence-electron chi connectivity index (χ4n) is 1.69. The van der Waals surface area contributed by atoms with Gasteiger partial charge in [-0.1, -0.05) is 37.3 Å². The van der Waals surface area contributed by atoms with E-state index in [0.29, 0.717) is 0 Å². The van der Waals surface area contributed by atoms with Gasteiger partial charge in [0.05, 0.1) is 5.00 Å². The van der Waals surface area contributed by atoms with Crippen molar-refractivity contribution in [2.45, 2.75) is 18.3 Å². The molecular weight excluding hydrogens is 228 g/mol. The minimum absolute atomic E-state index is 0.0742. The third-order valence-corrected chi connectivity index (χ3v) is 7.31. The van der Waals surface area contributed by atoms with Crippen molar-refractivity contribution in [3.8, 4) is 0 Å². The molecule has 0 spiro atoms. The average Bonchev–Trinajstić information content (AvgIpc) is 2.32. The van der Waals surface area contributed by atoms with Crippen molar-refractivity contribution in [1.82, 2.24) is 0 Å². The smallest absolute Gasteiger partial charge is 0.390 e. The summed E-state index contributed by atoms with van der Waals surface area (Å²) in [5.41, 5.74) is 0. The Bertz CT molecular complexity index is 288. The van der Waals surface area contributed by atoms with E-state index >= 15 is 0 Å². The lowest BCUT2D eigenvalue weighted by Crippen LogP contribution is -2.59. The maximum atomic E-state index is 6.33. The molecule has 0 saturated carbocycles. The summed E-state index contributed by atoms with van der Waals surface area (Å²) in [5.74, 6) is 0. The third-order valence-electron chi connectivity index (χ3n) is 2.55. The van der Waals surface area contributed by atoms with Crippen LogP contribution in [0.1, 0.15) is 13.3 Å². The zero-order valence-electron chi connectivity index (χ0n) is 9.37. The number of alkyl halides is 1. The second-order valence-electron chi connectivity index (χ2n) is 3.32. The van der Waals surface area contributed by atoms with Gasteiger partial charge in [0, 0.05) is 14.2 Å². The van der Waals surface area contributed by atoms with Crippen LogP contribution in [0.25, 0.3) is 0 Å². The minimum Gasteiger partial charge on any atom is -0.394 e. The van der Waals surface area contributed by atoms with Gasteiger partial charge in [0.1, 0.15) is 0 Å². The van der Waals surface area contributed by atoms with Gasteiger partial charge < -0.3 is 8.85 Å². The van der Waals surface area contributed by atoms with Gasteiger partial charge in [-0.15, -0.1) is 11.6 Å². The predicted molar refractivity (Wildman–Crippen MR) is 65.8 cm³/mol. The van der Waals surface area contributed by atoms with Crippen LogP contribution >= 0.6 is 11.6 Å². The quantitative estimate of drug-likeness (QED) is 0.584. The Hall–Kier alpha value is -0.353. The molecule has 0 amide bonds. The van der Waals surface area contributed by atoms with E-state index in [2.05, 4.69) is 0 Å². The Kier molecular flexibility index (Phi) is 4.79. The van der Waals surface area contributed by atoms with Crippen LogP contribution in [0.5, 0.6) is 0 Å². The standard InChI is InChI=1S/C11H17ClO2Si/c1-4-11(12)15(13-2,14-3)10-8-6-5-7-9-10/h5-9,11H,4H2,1-3H3. The number of rotatable bonds is 5. The van der Waals surface area contributed by atoms with Crippen molar-refractivity contribution in [3.05, 3.63) is 30.3 Å². The number of hydrogen-bond donors (Lipinski definition) is 0. The van der Waals surface area contributed by atoms with Crippen LogP contribution in [0.15, 0.2) is 30.3 Å². The van der Waals surface area contributed by atoms with Crippen molar-refractivity contribution in [2.75, 3.05) is 14.2 Å². The van der Waals surface area contributed by atoms with E-state index in [4.69, 9.17) is 20.5 Å². The molecule has 2 nitrogen and oxygen atoms in total. The molecule has 84 valence electrons. The molecule has 1 rings (SSSR count). The van der Waals surface area contributed by atoms with Crippen molar-refractivity contribution in [2.24, 2.45) is 0 Å². The average molecular weight is 245 g/mol. The summed E-state index contributed by atoms with van der Waals surface area (Å²) >= 11 is 6.33. The van der Waals surface area contributed by atoms with Crippen LogP contribution in [0.4, 0.5) is 0 Å². The first-order valence-electron chi connectivity index (χ1n) is 5.01. The fourth-order valence-corrected chi connectivity index (χ4v) is 5.31. The summed E-state index contributed by atoms with van der Waals surface area (Å²) < 4.78 is 11.2. The number of benzene rings is 1. The topological polar surface area (TPSA) is 18.5 Å². The number of hydrogen-bond acceptors (Lipinski definition) is 2. The van der Waals surface area contributed by atoms with Crippen LogP contribution in [0.2, 0.25) is 0 Å². The van der Waals surface area contributed by atoms with Crippen LogP contribution < -0.4 is 5.19 Å². The second kappa shape index (κ2) is 5.65. The van der Waals surface area contributed by atoms with Crippen molar-refractivity contribution in [1.29, 1.82) is 0 Å². The Balaban J connectivity index is 3.11. The van der Waals surface area contributed by atoms with Gasteiger partial charge in [0.25, 0.3) is 0 Å². The van der Waals surface area contributed by atoms with Crippen molar-refractivity contribution in [3.63, 3.8) is 0 Å². The molecule has 0 heterocycles. The van der Waals surface area contributed by atoms with E-state index in [9.17, 15) is 0 Å². The molecule has 4 heteroatoms. The molecule has 0 aromatic heterocycles. The Morgan fingerprint density at radius 3 is 2.13 bits per heavy atom. The molecule has 0 aliphatic heterocycles. The molecule has 0 aliphatic rings. The lowest BCUT2D eigenvalue weighted by atomic mass is 10.4. The number of halogens is 1. The Morgan fingerprint density at radius 2 is 1.73 bits per heavy atom. The molecule has 0 N–H and O–H groups in total. The van der Waals surface area contributed by atoms with E-state index in [1.54, 1.807) is 14.2 Å². The molecule has 1 unspecified atom stereocenters. The Labute approximate surface area is 97.4 Å². The zero-order valence-corrected chi connectivity index (χ0v) is 11.1. The first-order chi connectivity index (χ1) is 7.21. The lowest BCUT2D eigenvalue weighted by Gasteiger charge is -2.31. The third kappa shape index (κ3) is 2.42. The van der Waals surface area contributed by atoms with Gasteiger partial charge in [-0.2, -0.15) is 0 Å². The van der Waals surface area contributed by atoms with Crippen LogP contribution in [0.3, 0.4) is 0 Å². The molecule has 1 atom stereocenters. The van der Waals surface area contributed by atoms with Crippen molar-refractivity contribution < 1.29 is 8.85 Å². The first kappa shape index (κ1) is 12.7. The molecule has 1 aromatic rings. The SMILES string of the molecule is CCC(Cl)[Si](OC)(OC)c1ccccc1. The molecule has 0 aliphatic carbocycles. The molecule has 0 saturated heterocycles. The van der Waals surface area contributed by atoms with Crippen LogP contribution in [-0.4, -0.2) is 27.8 Å². The molecule has 15 heavy (non-hydrogen) atoms. The maximum absolute atomic E-state index is 6.33.